The Hall–Kier alpha value is -3.48. The maximum absolute atomic E-state index is 13.4. The number of fused-ring (bicyclic) bond motifs is 1. The fraction of sp³-hybridized carbons (Fsp3) is 0.292. The number of rotatable bonds is 5. The summed E-state index contributed by atoms with van der Waals surface area (Å²) < 4.78 is 15.5. The first kappa shape index (κ1) is 20.8. The van der Waals surface area contributed by atoms with E-state index in [4.69, 9.17) is 0 Å². The third-order valence-corrected chi connectivity index (χ3v) is 5.55. The third kappa shape index (κ3) is 4.50. The van der Waals surface area contributed by atoms with Crippen LogP contribution >= 0.6 is 0 Å². The highest BCUT2D eigenvalue weighted by atomic mass is 19.1. The molecular weight excluding hydrogens is 395 g/mol. The van der Waals surface area contributed by atoms with Crippen LogP contribution in [0.15, 0.2) is 48.5 Å². The molecule has 2 N–H and O–H groups in total. The van der Waals surface area contributed by atoms with Gasteiger partial charge in [-0.2, -0.15) is 0 Å². The van der Waals surface area contributed by atoms with Crippen molar-refractivity contribution in [1.29, 1.82) is 0 Å². The Morgan fingerprint density at radius 1 is 1.06 bits per heavy atom. The lowest BCUT2D eigenvalue weighted by Crippen LogP contribution is -2.25. The van der Waals surface area contributed by atoms with Crippen molar-refractivity contribution in [3.05, 3.63) is 76.9 Å². The number of imidazole rings is 1. The summed E-state index contributed by atoms with van der Waals surface area (Å²) in [6.45, 7) is 1.08. The number of carbonyl (C=O) groups excluding carboxylic acids is 2. The van der Waals surface area contributed by atoms with E-state index < -0.39 is 0 Å². The molecule has 4 rings (SSSR count). The second kappa shape index (κ2) is 9.12. The van der Waals surface area contributed by atoms with Gasteiger partial charge in [0.05, 0.1) is 5.69 Å². The summed E-state index contributed by atoms with van der Waals surface area (Å²) in [6, 6.07) is 13.4. The molecular formula is C24H25FN4O2. The van der Waals surface area contributed by atoms with Crippen LogP contribution in [0.3, 0.4) is 0 Å². The average Bonchev–Trinajstić information content (AvgIpc) is 2.98. The predicted molar refractivity (Wildman–Crippen MR) is 116 cm³/mol. The van der Waals surface area contributed by atoms with Gasteiger partial charge in [-0.25, -0.2) is 9.37 Å². The minimum Gasteiger partial charge on any atom is -0.355 e. The SMILES string of the molecule is CNC(=O)c1cccc(CNC(=O)c2nc(-c3ccc(F)cc3)n3c2CCCCC3)c1. The van der Waals surface area contributed by atoms with Crippen LogP contribution in [0.4, 0.5) is 4.39 Å². The van der Waals surface area contributed by atoms with Gasteiger partial charge in [-0.15, -0.1) is 0 Å². The van der Waals surface area contributed by atoms with Gasteiger partial charge in [-0.3, -0.25) is 9.59 Å². The summed E-state index contributed by atoms with van der Waals surface area (Å²) in [5.41, 5.74) is 3.52. The molecule has 3 aromatic rings. The van der Waals surface area contributed by atoms with Crippen molar-refractivity contribution in [1.82, 2.24) is 20.2 Å². The van der Waals surface area contributed by atoms with E-state index in [2.05, 4.69) is 20.2 Å². The second-order valence-corrected chi connectivity index (χ2v) is 7.66. The largest absolute Gasteiger partial charge is 0.355 e. The number of hydrogen-bond acceptors (Lipinski definition) is 3. The number of nitrogens with zero attached hydrogens (tertiary/aromatic N) is 2. The van der Waals surface area contributed by atoms with E-state index in [0.717, 1.165) is 49.0 Å². The molecule has 0 radical (unpaired) electrons. The van der Waals surface area contributed by atoms with E-state index in [1.807, 2.05) is 6.07 Å². The zero-order chi connectivity index (χ0) is 21.8. The summed E-state index contributed by atoms with van der Waals surface area (Å²) in [7, 11) is 1.58. The zero-order valence-electron chi connectivity index (χ0n) is 17.5. The van der Waals surface area contributed by atoms with Crippen LogP contribution in [-0.4, -0.2) is 28.4 Å². The highest BCUT2D eigenvalue weighted by molar-refractivity contribution is 5.95. The van der Waals surface area contributed by atoms with E-state index in [1.54, 1.807) is 37.4 Å². The lowest BCUT2D eigenvalue weighted by atomic mass is 10.1. The van der Waals surface area contributed by atoms with E-state index >= 15 is 0 Å². The smallest absolute Gasteiger partial charge is 0.272 e. The molecule has 0 aliphatic carbocycles. The van der Waals surface area contributed by atoms with Gasteiger partial charge < -0.3 is 15.2 Å². The first-order chi connectivity index (χ1) is 15.1. The molecule has 0 bridgehead atoms. The molecule has 0 atom stereocenters. The summed E-state index contributed by atoms with van der Waals surface area (Å²) >= 11 is 0. The fourth-order valence-electron chi connectivity index (χ4n) is 3.95. The zero-order valence-corrected chi connectivity index (χ0v) is 17.5. The van der Waals surface area contributed by atoms with E-state index in [1.165, 1.54) is 12.1 Å². The quantitative estimate of drug-likeness (QED) is 0.661. The maximum atomic E-state index is 13.4. The molecule has 6 nitrogen and oxygen atoms in total. The summed E-state index contributed by atoms with van der Waals surface area (Å²) in [6.07, 6.45) is 3.90. The number of aromatic nitrogens is 2. The molecule has 2 heterocycles. The molecule has 160 valence electrons. The second-order valence-electron chi connectivity index (χ2n) is 7.66. The molecule has 1 aliphatic heterocycles. The Morgan fingerprint density at radius 2 is 1.87 bits per heavy atom. The number of hydrogen-bond donors (Lipinski definition) is 2. The Labute approximate surface area is 180 Å². The molecule has 0 unspecified atom stereocenters. The standard InChI is InChI=1S/C24H25FN4O2/c1-26-23(30)18-7-5-6-16(14-18)15-27-24(31)21-20-8-3-2-4-13-29(20)22(28-21)17-9-11-19(25)12-10-17/h5-7,9-12,14H,2-4,8,13,15H2,1H3,(H,26,30)(H,27,31). The highest BCUT2D eigenvalue weighted by Gasteiger charge is 2.24. The Bertz CT molecular complexity index is 1110. The van der Waals surface area contributed by atoms with Crippen LogP contribution < -0.4 is 10.6 Å². The lowest BCUT2D eigenvalue weighted by Gasteiger charge is -2.09. The molecule has 2 amide bonds. The Morgan fingerprint density at radius 3 is 2.65 bits per heavy atom. The number of amides is 2. The molecule has 1 aliphatic rings. The number of carbonyl (C=O) groups is 2. The van der Waals surface area contributed by atoms with Gasteiger partial charge in [0, 0.05) is 31.3 Å². The van der Waals surface area contributed by atoms with Crippen LogP contribution in [0.25, 0.3) is 11.4 Å². The minimum absolute atomic E-state index is 0.170. The number of benzene rings is 2. The van der Waals surface area contributed by atoms with Crippen molar-refractivity contribution in [2.45, 2.75) is 38.8 Å². The summed E-state index contributed by atoms with van der Waals surface area (Å²) in [5.74, 6) is -0.0205. The molecule has 0 spiro atoms. The van der Waals surface area contributed by atoms with E-state index in [-0.39, 0.29) is 17.6 Å². The van der Waals surface area contributed by atoms with Crippen molar-refractivity contribution in [2.75, 3.05) is 7.05 Å². The number of halogens is 1. The van der Waals surface area contributed by atoms with Gasteiger partial charge >= 0.3 is 0 Å². The third-order valence-electron chi connectivity index (χ3n) is 5.55. The first-order valence-corrected chi connectivity index (χ1v) is 10.5. The van der Waals surface area contributed by atoms with Gasteiger partial charge in [-0.05, 0) is 61.2 Å². The average molecular weight is 420 g/mol. The van der Waals surface area contributed by atoms with Crippen LogP contribution in [0, 0.1) is 5.82 Å². The normalized spacial score (nSPS) is 13.2. The van der Waals surface area contributed by atoms with Gasteiger partial charge in [0.15, 0.2) is 0 Å². The Balaban J connectivity index is 1.59. The monoisotopic (exact) mass is 420 g/mol. The molecule has 1 aromatic heterocycles. The minimum atomic E-state index is -0.302. The predicted octanol–water partition coefficient (Wildman–Crippen LogP) is 3.71. The molecule has 0 saturated heterocycles. The van der Waals surface area contributed by atoms with Crippen molar-refractivity contribution in [3.63, 3.8) is 0 Å². The van der Waals surface area contributed by atoms with Crippen molar-refractivity contribution in [2.24, 2.45) is 0 Å². The topological polar surface area (TPSA) is 76.0 Å². The van der Waals surface area contributed by atoms with Crippen molar-refractivity contribution >= 4 is 11.8 Å². The van der Waals surface area contributed by atoms with Crippen LogP contribution in [0.2, 0.25) is 0 Å². The van der Waals surface area contributed by atoms with Gasteiger partial charge in [0.2, 0.25) is 0 Å². The van der Waals surface area contributed by atoms with Crippen LogP contribution in [0.1, 0.15) is 51.4 Å². The molecule has 0 fully saturated rings. The van der Waals surface area contributed by atoms with Gasteiger partial charge in [-0.1, -0.05) is 18.6 Å². The van der Waals surface area contributed by atoms with Gasteiger partial charge in [0.1, 0.15) is 17.3 Å². The van der Waals surface area contributed by atoms with E-state index in [0.29, 0.717) is 23.6 Å². The van der Waals surface area contributed by atoms with E-state index in [9.17, 15) is 14.0 Å². The molecule has 31 heavy (non-hydrogen) atoms. The maximum Gasteiger partial charge on any atom is 0.272 e. The fourth-order valence-corrected chi connectivity index (χ4v) is 3.95. The molecule has 2 aromatic carbocycles. The van der Waals surface area contributed by atoms with Gasteiger partial charge in [0.25, 0.3) is 11.8 Å². The molecule has 0 saturated carbocycles. The van der Waals surface area contributed by atoms with Crippen LogP contribution in [-0.2, 0) is 19.5 Å². The number of nitrogens with one attached hydrogen (secondary N) is 2. The van der Waals surface area contributed by atoms with Crippen LogP contribution in [0.5, 0.6) is 0 Å². The van der Waals surface area contributed by atoms with Crippen molar-refractivity contribution in [3.8, 4) is 11.4 Å². The lowest BCUT2D eigenvalue weighted by molar-refractivity contribution is 0.0943. The highest BCUT2D eigenvalue weighted by Crippen LogP contribution is 2.27. The Kier molecular flexibility index (Phi) is 6.11. The molecule has 7 heteroatoms. The first-order valence-electron chi connectivity index (χ1n) is 10.5. The van der Waals surface area contributed by atoms with Crippen molar-refractivity contribution < 1.29 is 14.0 Å². The summed E-state index contributed by atoms with van der Waals surface area (Å²) in [5, 5.41) is 5.54. The summed E-state index contributed by atoms with van der Waals surface area (Å²) in [4.78, 5) is 29.6.